The van der Waals surface area contributed by atoms with E-state index in [2.05, 4.69) is 22.2 Å². The number of aryl methyl sites for hydroxylation is 1. The van der Waals surface area contributed by atoms with Crippen LogP contribution in [0.5, 0.6) is 6.01 Å². The zero-order valence-corrected chi connectivity index (χ0v) is 9.23. The Hall–Kier alpha value is -1.16. The van der Waals surface area contributed by atoms with E-state index in [-0.39, 0.29) is 6.10 Å². The Morgan fingerprint density at radius 2 is 2.40 bits per heavy atom. The standard InChI is InChI=1S/C11H17N3O/c1-8-3-5-12-7-10(8)15-11-13-6-4-9(2)14-11/h4,6,8,10,12H,3,5,7H2,1-2H3. The van der Waals surface area contributed by atoms with Crippen LogP contribution in [0.4, 0.5) is 0 Å². The van der Waals surface area contributed by atoms with Crippen LogP contribution in [0, 0.1) is 12.8 Å². The third-order valence-corrected chi connectivity index (χ3v) is 2.79. The summed E-state index contributed by atoms with van der Waals surface area (Å²) in [6, 6.07) is 2.37. The summed E-state index contributed by atoms with van der Waals surface area (Å²) in [5, 5.41) is 3.32. The number of piperidine rings is 1. The summed E-state index contributed by atoms with van der Waals surface area (Å²) in [6.45, 7) is 6.12. The monoisotopic (exact) mass is 207 g/mol. The normalized spacial score (nSPS) is 26.3. The van der Waals surface area contributed by atoms with Crippen molar-refractivity contribution in [1.82, 2.24) is 15.3 Å². The minimum atomic E-state index is 0.195. The van der Waals surface area contributed by atoms with Crippen molar-refractivity contribution in [2.75, 3.05) is 13.1 Å². The number of nitrogens with one attached hydrogen (secondary N) is 1. The number of hydrogen-bond acceptors (Lipinski definition) is 4. The molecule has 2 heterocycles. The Kier molecular flexibility index (Phi) is 3.16. The summed E-state index contributed by atoms with van der Waals surface area (Å²) in [6.07, 6.45) is 3.08. The van der Waals surface area contributed by atoms with Crippen LogP contribution in [-0.4, -0.2) is 29.2 Å². The van der Waals surface area contributed by atoms with Gasteiger partial charge in [-0.3, -0.25) is 0 Å². The van der Waals surface area contributed by atoms with E-state index in [1.165, 1.54) is 0 Å². The van der Waals surface area contributed by atoms with E-state index in [9.17, 15) is 0 Å². The molecular formula is C11H17N3O. The molecule has 2 rings (SSSR count). The number of ether oxygens (including phenoxy) is 1. The highest BCUT2D eigenvalue weighted by molar-refractivity contribution is 5.03. The lowest BCUT2D eigenvalue weighted by Crippen LogP contribution is -2.43. The molecule has 15 heavy (non-hydrogen) atoms. The Balaban J connectivity index is 2.01. The molecule has 0 saturated carbocycles. The number of nitrogens with zero attached hydrogens (tertiary/aromatic N) is 2. The first-order valence-corrected chi connectivity index (χ1v) is 5.43. The van der Waals surface area contributed by atoms with Gasteiger partial charge in [-0.2, -0.15) is 0 Å². The van der Waals surface area contributed by atoms with Crippen LogP contribution in [0.15, 0.2) is 12.3 Å². The molecule has 1 saturated heterocycles. The lowest BCUT2D eigenvalue weighted by Gasteiger charge is -2.29. The van der Waals surface area contributed by atoms with Crippen LogP contribution < -0.4 is 10.1 Å². The molecule has 1 aromatic rings. The maximum absolute atomic E-state index is 5.76. The van der Waals surface area contributed by atoms with Gasteiger partial charge in [0.15, 0.2) is 0 Å². The molecular weight excluding hydrogens is 190 g/mol. The van der Waals surface area contributed by atoms with Crippen molar-refractivity contribution in [3.8, 4) is 6.01 Å². The first-order valence-electron chi connectivity index (χ1n) is 5.43. The highest BCUT2D eigenvalue weighted by Gasteiger charge is 2.23. The van der Waals surface area contributed by atoms with Crippen LogP contribution >= 0.6 is 0 Å². The fraction of sp³-hybridized carbons (Fsp3) is 0.636. The molecule has 1 aromatic heterocycles. The molecule has 2 atom stereocenters. The Bertz CT molecular complexity index is 329. The van der Waals surface area contributed by atoms with Gasteiger partial charge in [0.25, 0.3) is 0 Å². The van der Waals surface area contributed by atoms with E-state index >= 15 is 0 Å². The highest BCUT2D eigenvalue weighted by Crippen LogP contribution is 2.16. The third-order valence-electron chi connectivity index (χ3n) is 2.79. The van der Waals surface area contributed by atoms with Crippen LogP contribution in [0.1, 0.15) is 19.0 Å². The van der Waals surface area contributed by atoms with Crippen LogP contribution in [0.3, 0.4) is 0 Å². The van der Waals surface area contributed by atoms with E-state index in [1.54, 1.807) is 6.20 Å². The SMILES string of the molecule is Cc1ccnc(OC2CNCCC2C)n1. The highest BCUT2D eigenvalue weighted by atomic mass is 16.5. The van der Waals surface area contributed by atoms with Gasteiger partial charge in [-0.25, -0.2) is 9.97 Å². The van der Waals surface area contributed by atoms with Crippen molar-refractivity contribution in [2.24, 2.45) is 5.92 Å². The number of rotatable bonds is 2. The van der Waals surface area contributed by atoms with E-state index < -0.39 is 0 Å². The molecule has 0 radical (unpaired) electrons. The average Bonchev–Trinajstić information content (AvgIpc) is 2.22. The molecule has 0 aromatic carbocycles. The Morgan fingerprint density at radius 1 is 1.53 bits per heavy atom. The minimum absolute atomic E-state index is 0.195. The van der Waals surface area contributed by atoms with Gasteiger partial charge in [-0.1, -0.05) is 6.92 Å². The molecule has 0 amide bonds. The molecule has 0 bridgehead atoms. The van der Waals surface area contributed by atoms with E-state index in [0.29, 0.717) is 11.9 Å². The predicted octanol–water partition coefficient (Wildman–Crippen LogP) is 1.16. The second-order valence-electron chi connectivity index (χ2n) is 4.11. The van der Waals surface area contributed by atoms with E-state index in [0.717, 1.165) is 25.2 Å². The summed E-state index contributed by atoms with van der Waals surface area (Å²) < 4.78 is 5.76. The molecule has 1 aliphatic heterocycles. The summed E-state index contributed by atoms with van der Waals surface area (Å²) in [5.41, 5.74) is 0.941. The zero-order valence-electron chi connectivity index (χ0n) is 9.23. The molecule has 82 valence electrons. The Morgan fingerprint density at radius 3 is 3.13 bits per heavy atom. The van der Waals surface area contributed by atoms with Crippen molar-refractivity contribution in [3.05, 3.63) is 18.0 Å². The fourth-order valence-electron chi connectivity index (χ4n) is 1.74. The molecule has 4 heteroatoms. The van der Waals surface area contributed by atoms with Crippen molar-refractivity contribution >= 4 is 0 Å². The van der Waals surface area contributed by atoms with Gasteiger partial charge in [0, 0.05) is 18.4 Å². The van der Waals surface area contributed by atoms with Gasteiger partial charge in [-0.05, 0) is 31.9 Å². The quantitative estimate of drug-likeness (QED) is 0.790. The number of hydrogen-bond donors (Lipinski definition) is 1. The van der Waals surface area contributed by atoms with Crippen molar-refractivity contribution < 1.29 is 4.74 Å². The van der Waals surface area contributed by atoms with E-state index in [1.807, 2.05) is 13.0 Å². The van der Waals surface area contributed by atoms with Crippen LogP contribution in [-0.2, 0) is 0 Å². The zero-order chi connectivity index (χ0) is 10.7. The molecule has 4 nitrogen and oxygen atoms in total. The van der Waals surface area contributed by atoms with Crippen molar-refractivity contribution in [1.29, 1.82) is 0 Å². The Labute approximate surface area is 90.1 Å². The van der Waals surface area contributed by atoms with Gasteiger partial charge >= 0.3 is 6.01 Å². The first-order chi connectivity index (χ1) is 7.25. The third kappa shape index (κ3) is 2.65. The lowest BCUT2D eigenvalue weighted by atomic mass is 9.97. The summed E-state index contributed by atoms with van der Waals surface area (Å²) in [4.78, 5) is 8.35. The predicted molar refractivity (Wildman–Crippen MR) is 57.8 cm³/mol. The second-order valence-corrected chi connectivity index (χ2v) is 4.11. The maximum Gasteiger partial charge on any atom is 0.316 e. The van der Waals surface area contributed by atoms with Gasteiger partial charge < -0.3 is 10.1 Å². The van der Waals surface area contributed by atoms with E-state index in [4.69, 9.17) is 4.74 Å². The van der Waals surface area contributed by atoms with Crippen molar-refractivity contribution in [3.63, 3.8) is 0 Å². The lowest BCUT2D eigenvalue weighted by molar-refractivity contribution is 0.104. The van der Waals surface area contributed by atoms with Gasteiger partial charge in [0.1, 0.15) is 6.10 Å². The molecule has 1 N–H and O–H groups in total. The van der Waals surface area contributed by atoms with Gasteiger partial charge in [-0.15, -0.1) is 0 Å². The molecule has 1 aliphatic rings. The summed E-state index contributed by atoms with van der Waals surface area (Å²) >= 11 is 0. The fourth-order valence-corrected chi connectivity index (χ4v) is 1.74. The van der Waals surface area contributed by atoms with Gasteiger partial charge in [0.2, 0.25) is 0 Å². The largest absolute Gasteiger partial charge is 0.459 e. The van der Waals surface area contributed by atoms with Crippen molar-refractivity contribution in [2.45, 2.75) is 26.4 Å². The topological polar surface area (TPSA) is 47.0 Å². The molecule has 0 aliphatic carbocycles. The average molecular weight is 207 g/mol. The second kappa shape index (κ2) is 4.57. The smallest absolute Gasteiger partial charge is 0.316 e. The van der Waals surface area contributed by atoms with Crippen LogP contribution in [0.2, 0.25) is 0 Å². The molecule has 0 spiro atoms. The molecule has 2 unspecified atom stereocenters. The molecule has 1 fully saturated rings. The summed E-state index contributed by atoms with van der Waals surface area (Å²) in [5.74, 6) is 0.565. The number of aromatic nitrogens is 2. The van der Waals surface area contributed by atoms with Gasteiger partial charge in [0.05, 0.1) is 0 Å². The first kappa shape index (κ1) is 10.4. The maximum atomic E-state index is 5.76. The summed E-state index contributed by atoms with van der Waals surface area (Å²) in [7, 11) is 0. The van der Waals surface area contributed by atoms with Crippen LogP contribution in [0.25, 0.3) is 0 Å². The minimum Gasteiger partial charge on any atom is -0.459 e.